The topological polar surface area (TPSA) is 66.9 Å². The van der Waals surface area contributed by atoms with E-state index in [9.17, 15) is 26.3 Å². The molecule has 2 N–H and O–H groups in total. The van der Waals surface area contributed by atoms with Crippen molar-refractivity contribution in [3.8, 4) is 22.3 Å². The maximum absolute atomic E-state index is 15.2. The van der Waals surface area contributed by atoms with Crippen LogP contribution in [0.2, 0.25) is 0 Å². The van der Waals surface area contributed by atoms with Crippen LogP contribution in [-0.2, 0) is 25.2 Å². The highest BCUT2D eigenvalue weighted by Gasteiger charge is 2.36. The molecule has 62 heavy (non-hydrogen) atoms. The van der Waals surface area contributed by atoms with Crippen LogP contribution < -0.4 is 10.6 Å². The average molecular weight is 839 g/mol. The normalized spacial score (nSPS) is 11.8. The van der Waals surface area contributed by atoms with Crippen molar-refractivity contribution < 1.29 is 31.1 Å². The van der Waals surface area contributed by atoms with E-state index in [0.717, 1.165) is 50.2 Å². The number of aromatic nitrogens is 2. The number of carbonyl (C=O) groups excluding carboxylic acids is 1. The Balaban J connectivity index is 1.23. The number of hydrogen-bond donors (Lipinski definition) is 2. The molecule has 8 aromatic rings. The van der Waals surface area contributed by atoms with Crippen LogP contribution in [0.1, 0.15) is 51.0 Å². The number of hydrogen-bond acceptors (Lipinski definition) is 5. The number of ketones is 1. The van der Waals surface area contributed by atoms with Crippen molar-refractivity contribution in [1.29, 1.82) is 0 Å². The fourth-order valence-corrected chi connectivity index (χ4v) is 7.92. The maximum atomic E-state index is 15.2. The van der Waals surface area contributed by atoms with Gasteiger partial charge in [-0.3, -0.25) is 14.8 Å². The van der Waals surface area contributed by atoms with Gasteiger partial charge in [-0.05, 0) is 84.3 Å². The largest absolute Gasteiger partial charge is 0.418 e. The van der Waals surface area contributed by atoms with E-state index in [1.165, 1.54) is 35.4 Å². The van der Waals surface area contributed by atoms with Gasteiger partial charge < -0.3 is 10.6 Å². The second-order valence-corrected chi connectivity index (χ2v) is 15.0. The van der Waals surface area contributed by atoms with Crippen molar-refractivity contribution in [3.63, 3.8) is 0 Å². The van der Waals surface area contributed by atoms with Crippen LogP contribution in [0.5, 0.6) is 0 Å². The Morgan fingerprint density at radius 2 is 0.887 bits per heavy atom. The summed E-state index contributed by atoms with van der Waals surface area (Å²) in [7, 11) is 0. The van der Waals surface area contributed by atoms with Crippen molar-refractivity contribution in [2.45, 2.75) is 38.0 Å². The van der Waals surface area contributed by atoms with Crippen molar-refractivity contribution in [2.75, 3.05) is 23.7 Å². The van der Waals surface area contributed by atoms with Gasteiger partial charge >= 0.3 is 12.4 Å². The minimum atomic E-state index is -4.75. The van der Waals surface area contributed by atoms with Crippen molar-refractivity contribution in [3.05, 3.63) is 191 Å². The van der Waals surface area contributed by atoms with Crippen molar-refractivity contribution in [2.24, 2.45) is 0 Å². The van der Waals surface area contributed by atoms with Gasteiger partial charge in [-0.15, -0.1) is 0 Å². The Kier molecular flexibility index (Phi) is 12.1. The van der Waals surface area contributed by atoms with E-state index >= 15 is 4.79 Å². The fraction of sp³-hybridized carbons (Fsp3) is 0.157. The summed E-state index contributed by atoms with van der Waals surface area (Å²) in [5.74, 6) is -0.670. The quantitative estimate of drug-likeness (QED) is 0.0649. The molecule has 2 heterocycles. The Bertz CT molecular complexity index is 2670. The molecule has 0 saturated carbocycles. The Labute approximate surface area is 354 Å². The zero-order chi connectivity index (χ0) is 43.3. The number of aryl methyl sites for hydroxylation is 2. The lowest BCUT2D eigenvalue weighted by Crippen LogP contribution is -2.12. The molecular weight excluding hydrogens is 799 g/mol. The zero-order valence-electron chi connectivity index (χ0n) is 33.3. The second-order valence-electron chi connectivity index (χ2n) is 15.0. The molecule has 8 rings (SSSR count). The third-order valence-corrected chi connectivity index (χ3v) is 10.8. The number of nitrogens with zero attached hydrogens (tertiary/aromatic N) is 2. The number of rotatable bonds is 14. The molecule has 0 spiro atoms. The predicted octanol–water partition coefficient (Wildman–Crippen LogP) is 13.5. The van der Waals surface area contributed by atoms with Crippen LogP contribution >= 0.6 is 0 Å². The third kappa shape index (κ3) is 9.17. The molecule has 0 unspecified atom stereocenters. The van der Waals surface area contributed by atoms with Gasteiger partial charge in [0.2, 0.25) is 0 Å². The summed E-state index contributed by atoms with van der Waals surface area (Å²) >= 11 is 0. The highest BCUT2D eigenvalue weighted by molar-refractivity contribution is 6.21. The highest BCUT2D eigenvalue weighted by atomic mass is 19.4. The molecular formula is C51H40F6N4O. The molecule has 5 nitrogen and oxygen atoms in total. The smallest absolute Gasteiger partial charge is 0.385 e. The monoisotopic (exact) mass is 838 g/mol. The SMILES string of the molecule is O=C(c1cnc2c(C(F)(F)F)cccc2c1-c1cccc(NCCCc2ccccc2)c1)c1cnc2c(C(F)(F)F)cccc2c1-c1cccc(NCCCc2ccccc2)c1. The van der Waals surface area contributed by atoms with Crippen LogP contribution in [0.15, 0.2) is 158 Å². The van der Waals surface area contributed by atoms with Gasteiger partial charge in [0.1, 0.15) is 0 Å². The van der Waals surface area contributed by atoms with Crippen molar-refractivity contribution in [1.82, 2.24) is 9.97 Å². The van der Waals surface area contributed by atoms with E-state index in [1.54, 1.807) is 36.4 Å². The lowest BCUT2D eigenvalue weighted by atomic mass is 9.87. The molecule has 0 radical (unpaired) electrons. The summed E-state index contributed by atoms with van der Waals surface area (Å²) in [5.41, 5.74) is 2.35. The summed E-state index contributed by atoms with van der Waals surface area (Å²) in [6.45, 7) is 1.21. The maximum Gasteiger partial charge on any atom is 0.418 e. The number of halogens is 6. The Morgan fingerprint density at radius 1 is 0.484 bits per heavy atom. The summed E-state index contributed by atoms with van der Waals surface area (Å²) < 4.78 is 86.6. The molecule has 312 valence electrons. The molecule has 0 saturated heterocycles. The summed E-state index contributed by atoms with van der Waals surface area (Å²) in [6.07, 6.45) is -3.96. The van der Waals surface area contributed by atoms with Gasteiger partial charge in [0, 0.05) is 69.9 Å². The van der Waals surface area contributed by atoms with Gasteiger partial charge in [0.25, 0.3) is 0 Å². The first-order chi connectivity index (χ1) is 30.0. The van der Waals surface area contributed by atoms with Crippen LogP contribution in [0.25, 0.3) is 44.1 Å². The van der Waals surface area contributed by atoms with Crippen LogP contribution in [0, 0.1) is 0 Å². The molecule has 0 amide bonds. The van der Waals surface area contributed by atoms with Gasteiger partial charge in [-0.25, -0.2) is 0 Å². The number of fused-ring (bicyclic) bond motifs is 2. The van der Waals surface area contributed by atoms with E-state index in [1.807, 2.05) is 48.5 Å². The van der Waals surface area contributed by atoms with Gasteiger partial charge in [0.05, 0.1) is 22.2 Å². The van der Waals surface area contributed by atoms with Crippen LogP contribution in [-0.4, -0.2) is 28.8 Å². The zero-order valence-corrected chi connectivity index (χ0v) is 33.3. The first-order valence-electron chi connectivity index (χ1n) is 20.2. The Morgan fingerprint density at radius 3 is 1.29 bits per heavy atom. The number of alkyl halides is 6. The van der Waals surface area contributed by atoms with Gasteiger partial charge in [0.15, 0.2) is 5.78 Å². The van der Waals surface area contributed by atoms with Crippen LogP contribution in [0.4, 0.5) is 37.7 Å². The number of anilines is 2. The van der Waals surface area contributed by atoms with E-state index in [4.69, 9.17) is 0 Å². The van der Waals surface area contributed by atoms with E-state index in [2.05, 4.69) is 44.9 Å². The van der Waals surface area contributed by atoms with Crippen LogP contribution in [0.3, 0.4) is 0 Å². The summed E-state index contributed by atoms with van der Waals surface area (Å²) in [5, 5.41) is 6.97. The number of pyridine rings is 2. The molecule has 11 heteroatoms. The van der Waals surface area contributed by atoms with E-state index in [-0.39, 0.29) is 44.1 Å². The molecule has 0 bridgehead atoms. The standard InChI is InChI=1S/C51H40F6N4O/c52-50(53,54)43-25-9-23-39-45(35-19-7-21-37(29-35)58-27-11-17-33-13-3-1-4-14-33)41(31-60-47(39)43)49(62)42-32-61-48-40(24-10-26-44(48)51(55,56)57)46(42)36-20-8-22-38(30-36)59-28-12-18-34-15-5-2-6-16-34/h1-10,13-16,19-26,29-32,58-59H,11-12,17-18,27-28H2. The van der Waals surface area contributed by atoms with E-state index in [0.29, 0.717) is 35.6 Å². The molecule has 0 fully saturated rings. The predicted molar refractivity (Wildman–Crippen MR) is 234 cm³/mol. The number of nitrogens with one attached hydrogen (secondary N) is 2. The Hall–Kier alpha value is -7.01. The number of para-hydroxylation sites is 2. The van der Waals surface area contributed by atoms with E-state index < -0.39 is 29.3 Å². The molecule has 0 aliphatic rings. The third-order valence-electron chi connectivity index (χ3n) is 10.8. The lowest BCUT2D eigenvalue weighted by Gasteiger charge is -2.19. The second kappa shape index (κ2) is 17.9. The first kappa shape index (κ1) is 41.7. The molecule has 2 aromatic heterocycles. The molecule has 0 atom stereocenters. The lowest BCUT2D eigenvalue weighted by molar-refractivity contribution is -0.137. The number of benzene rings is 6. The summed E-state index contributed by atoms with van der Waals surface area (Å²) in [4.78, 5) is 23.7. The molecule has 0 aliphatic carbocycles. The van der Waals surface area contributed by atoms with Gasteiger partial charge in [-0.2, -0.15) is 26.3 Å². The minimum Gasteiger partial charge on any atom is -0.385 e. The fourth-order valence-electron chi connectivity index (χ4n) is 7.92. The molecule has 6 aromatic carbocycles. The molecule has 0 aliphatic heterocycles. The van der Waals surface area contributed by atoms with Crippen molar-refractivity contribution >= 4 is 39.0 Å². The van der Waals surface area contributed by atoms with Gasteiger partial charge in [-0.1, -0.05) is 109 Å². The minimum absolute atomic E-state index is 0.0392. The number of carbonyl (C=O) groups is 1. The summed E-state index contributed by atoms with van der Waals surface area (Å²) in [6, 6.07) is 41.6. The highest BCUT2D eigenvalue weighted by Crippen LogP contribution is 2.43. The first-order valence-corrected chi connectivity index (χ1v) is 20.2. The average Bonchev–Trinajstić information content (AvgIpc) is 3.28.